The molecule has 0 fully saturated rings. The van der Waals surface area contributed by atoms with Gasteiger partial charge in [-0.2, -0.15) is 0 Å². The van der Waals surface area contributed by atoms with E-state index in [1.54, 1.807) is 0 Å². The second-order valence-corrected chi connectivity index (χ2v) is 6.33. The topological polar surface area (TPSA) is 33.3 Å². The number of benzene rings is 2. The fourth-order valence-electron chi connectivity index (χ4n) is 2.91. The van der Waals surface area contributed by atoms with Gasteiger partial charge in [0.2, 0.25) is 0 Å². The van der Waals surface area contributed by atoms with E-state index in [2.05, 4.69) is 56.5 Å². The van der Waals surface area contributed by atoms with Gasteiger partial charge in [0.1, 0.15) is 5.75 Å². The van der Waals surface area contributed by atoms with Crippen LogP contribution in [0.4, 0.5) is 11.4 Å². The van der Waals surface area contributed by atoms with Gasteiger partial charge in [-0.25, -0.2) is 0 Å². The SMILES string of the molecule is CCCCOc1ccccc1NCCNc1c(C)cc(C)cc1C. The molecule has 0 radical (unpaired) electrons. The van der Waals surface area contributed by atoms with Crippen molar-refractivity contribution in [2.75, 3.05) is 30.3 Å². The van der Waals surface area contributed by atoms with Crippen LogP contribution in [-0.2, 0) is 0 Å². The molecule has 3 nitrogen and oxygen atoms in total. The summed E-state index contributed by atoms with van der Waals surface area (Å²) in [6.45, 7) is 11.1. The largest absolute Gasteiger partial charge is 0.491 e. The highest BCUT2D eigenvalue weighted by molar-refractivity contribution is 5.59. The minimum absolute atomic E-state index is 0.773. The zero-order valence-electron chi connectivity index (χ0n) is 15.4. The Morgan fingerprint density at radius 1 is 0.917 bits per heavy atom. The predicted octanol–water partition coefficient (Wildman–Crippen LogP) is 5.31. The van der Waals surface area contributed by atoms with Crippen molar-refractivity contribution in [2.24, 2.45) is 0 Å². The fourth-order valence-corrected chi connectivity index (χ4v) is 2.91. The second kappa shape index (κ2) is 9.21. The number of aryl methyl sites for hydroxylation is 3. The molecule has 0 unspecified atom stereocenters. The Bertz CT molecular complexity index is 629. The first-order valence-corrected chi connectivity index (χ1v) is 8.89. The number of hydrogen-bond donors (Lipinski definition) is 2. The first-order chi connectivity index (χ1) is 11.6. The molecule has 0 aliphatic carbocycles. The maximum Gasteiger partial charge on any atom is 0.142 e. The first-order valence-electron chi connectivity index (χ1n) is 8.89. The molecule has 2 aromatic carbocycles. The number of hydrogen-bond acceptors (Lipinski definition) is 3. The van der Waals surface area contributed by atoms with E-state index in [1.165, 1.54) is 22.4 Å². The molecular formula is C21H30N2O. The summed E-state index contributed by atoms with van der Waals surface area (Å²) < 4.78 is 5.86. The summed E-state index contributed by atoms with van der Waals surface area (Å²) in [5.41, 5.74) is 6.22. The molecule has 0 saturated carbocycles. The fraction of sp³-hybridized carbons (Fsp3) is 0.429. The van der Waals surface area contributed by atoms with Crippen LogP contribution in [0.15, 0.2) is 36.4 Å². The van der Waals surface area contributed by atoms with Crippen LogP contribution >= 0.6 is 0 Å². The Hall–Kier alpha value is -2.16. The summed E-state index contributed by atoms with van der Waals surface area (Å²) in [6, 6.07) is 12.6. The summed E-state index contributed by atoms with van der Waals surface area (Å²) in [5, 5.41) is 7.02. The van der Waals surface area contributed by atoms with Gasteiger partial charge in [0, 0.05) is 18.8 Å². The third-order valence-electron chi connectivity index (χ3n) is 4.06. The average Bonchev–Trinajstić information content (AvgIpc) is 2.54. The van der Waals surface area contributed by atoms with E-state index in [0.717, 1.165) is 44.0 Å². The summed E-state index contributed by atoms with van der Waals surface area (Å²) in [7, 11) is 0. The van der Waals surface area contributed by atoms with Crippen LogP contribution in [-0.4, -0.2) is 19.7 Å². The summed E-state index contributed by atoms with van der Waals surface area (Å²) >= 11 is 0. The van der Waals surface area contributed by atoms with Gasteiger partial charge < -0.3 is 15.4 Å². The molecule has 0 bridgehead atoms. The quantitative estimate of drug-likeness (QED) is 0.612. The summed E-state index contributed by atoms with van der Waals surface area (Å²) in [4.78, 5) is 0. The molecule has 0 heterocycles. The summed E-state index contributed by atoms with van der Waals surface area (Å²) in [6.07, 6.45) is 2.23. The number of ether oxygens (including phenoxy) is 1. The molecule has 0 spiro atoms. The summed E-state index contributed by atoms with van der Waals surface area (Å²) in [5.74, 6) is 0.939. The number of para-hydroxylation sites is 2. The minimum atomic E-state index is 0.773. The molecular weight excluding hydrogens is 296 g/mol. The minimum Gasteiger partial charge on any atom is -0.491 e. The van der Waals surface area contributed by atoms with Crippen LogP contribution in [0.5, 0.6) is 5.75 Å². The lowest BCUT2D eigenvalue weighted by atomic mass is 10.1. The van der Waals surface area contributed by atoms with Crippen molar-refractivity contribution >= 4 is 11.4 Å². The molecule has 0 amide bonds. The Morgan fingerprint density at radius 2 is 1.58 bits per heavy atom. The normalized spacial score (nSPS) is 10.5. The highest BCUT2D eigenvalue weighted by atomic mass is 16.5. The smallest absolute Gasteiger partial charge is 0.142 e. The Balaban J connectivity index is 1.87. The highest BCUT2D eigenvalue weighted by Gasteiger charge is 2.04. The molecule has 130 valence electrons. The van der Waals surface area contributed by atoms with E-state index in [-0.39, 0.29) is 0 Å². The van der Waals surface area contributed by atoms with Gasteiger partial charge in [0.25, 0.3) is 0 Å². The molecule has 3 heteroatoms. The van der Waals surface area contributed by atoms with Gasteiger partial charge in [0.15, 0.2) is 0 Å². The molecule has 0 saturated heterocycles. The van der Waals surface area contributed by atoms with E-state index >= 15 is 0 Å². The van der Waals surface area contributed by atoms with Gasteiger partial charge in [-0.15, -0.1) is 0 Å². The van der Waals surface area contributed by atoms with Crippen molar-refractivity contribution in [3.63, 3.8) is 0 Å². The lowest BCUT2D eigenvalue weighted by Crippen LogP contribution is -2.15. The molecule has 0 aromatic heterocycles. The maximum atomic E-state index is 5.86. The highest BCUT2D eigenvalue weighted by Crippen LogP contribution is 2.24. The van der Waals surface area contributed by atoms with Gasteiger partial charge in [0.05, 0.1) is 12.3 Å². The van der Waals surface area contributed by atoms with Crippen molar-refractivity contribution in [3.8, 4) is 5.75 Å². The van der Waals surface area contributed by atoms with Crippen LogP contribution in [0.25, 0.3) is 0 Å². The maximum absolute atomic E-state index is 5.86. The van der Waals surface area contributed by atoms with Crippen LogP contribution in [0, 0.1) is 20.8 Å². The lowest BCUT2D eigenvalue weighted by molar-refractivity contribution is 0.311. The third-order valence-corrected chi connectivity index (χ3v) is 4.06. The van der Waals surface area contributed by atoms with Crippen LogP contribution in [0.2, 0.25) is 0 Å². The van der Waals surface area contributed by atoms with Crippen LogP contribution in [0.3, 0.4) is 0 Å². The van der Waals surface area contributed by atoms with Crippen molar-refractivity contribution in [1.82, 2.24) is 0 Å². The van der Waals surface area contributed by atoms with Gasteiger partial charge in [-0.3, -0.25) is 0 Å². The Morgan fingerprint density at radius 3 is 2.29 bits per heavy atom. The Kier molecular flexibility index (Phi) is 6.98. The predicted molar refractivity (Wildman–Crippen MR) is 104 cm³/mol. The average molecular weight is 326 g/mol. The van der Waals surface area contributed by atoms with Crippen molar-refractivity contribution < 1.29 is 4.74 Å². The lowest BCUT2D eigenvalue weighted by Gasteiger charge is -2.16. The van der Waals surface area contributed by atoms with E-state index in [1.807, 2.05) is 18.2 Å². The van der Waals surface area contributed by atoms with Crippen molar-refractivity contribution in [1.29, 1.82) is 0 Å². The van der Waals surface area contributed by atoms with E-state index < -0.39 is 0 Å². The van der Waals surface area contributed by atoms with Crippen molar-refractivity contribution in [2.45, 2.75) is 40.5 Å². The molecule has 0 aliphatic heterocycles. The number of nitrogens with one attached hydrogen (secondary N) is 2. The van der Waals surface area contributed by atoms with Crippen LogP contribution in [0.1, 0.15) is 36.5 Å². The number of rotatable bonds is 9. The molecule has 0 atom stereocenters. The van der Waals surface area contributed by atoms with E-state index in [4.69, 9.17) is 4.74 Å². The van der Waals surface area contributed by atoms with Gasteiger partial charge >= 0.3 is 0 Å². The Labute approximate surface area is 146 Å². The van der Waals surface area contributed by atoms with Crippen LogP contribution < -0.4 is 15.4 Å². The zero-order chi connectivity index (χ0) is 17.4. The molecule has 2 N–H and O–H groups in total. The standard InChI is InChI=1S/C21H30N2O/c1-5-6-13-24-20-10-8-7-9-19(20)22-11-12-23-21-17(3)14-16(2)15-18(21)4/h7-10,14-15,22-23H,5-6,11-13H2,1-4H3. The molecule has 0 aliphatic rings. The monoisotopic (exact) mass is 326 g/mol. The van der Waals surface area contributed by atoms with E-state index in [9.17, 15) is 0 Å². The van der Waals surface area contributed by atoms with Gasteiger partial charge in [-0.05, 0) is 50.5 Å². The molecule has 2 rings (SSSR count). The number of unbranched alkanes of at least 4 members (excludes halogenated alkanes) is 1. The molecule has 24 heavy (non-hydrogen) atoms. The first kappa shape index (κ1) is 18.2. The van der Waals surface area contributed by atoms with E-state index in [0.29, 0.717) is 0 Å². The third kappa shape index (κ3) is 5.19. The zero-order valence-corrected chi connectivity index (χ0v) is 15.4. The number of anilines is 2. The van der Waals surface area contributed by atoms with Gasteiger partial charge in [-0.1, -0.05) is 43.2 Å². The molecule has 2 aromatic rings. The second-order valence-electron chi connectivity index (χ2n) is 6.33. The van der Waals surface area contributed by atoms with Crippen molar-refractivity contribution in [3.05, 3.63) is 53.1 Å².